The lowest BCUT2D eigenvalue weighted by molar-refractivity contribution is -0.137. The highest BCUT2D eigenvalue weighted by Crippen LogP contribution is 2.17. The van der Waals surface area contributed by atoms with Crippen molar-refractivity contribution in [1.29, 1.82) is 0 Å². The number of urea groups is 1. The summed E-state index contributed by atoms with van der Waals surface area (Å²) in [5, 5.41) is 10.7. The Morgan fingerprint density at radius 2 is 1.85 bits per heavy atom. The fraction of sp³-hybridized carbons (Fsp3) is 0.357. The number of hydrogen-bond donors (Lipinski definition) is 2. The Kier molecular flexibility index (Phi) is 5.71. The summed E-state index contributed by atoms with van der Waals surface area (Å²) >= 11 is 0. The molecule has 0 aromatic heterocycles. The predicted octanol–water partition coefficient (Wildman–Crippen LogP) is 1.92. The second-order valence-corrected chi connectivity index (χ2v) is 4.45. The molecule has 0 bridgehead atoms. The molecule has 0 radical (unpaired) electrons. The van der Waals surface area contributed by atoms with Gasteiger partial charge in [0.25, 0.3) is 0 Å². The first-order chi connectivity index (χ1) is 9.41. The number of benzene rings is 1. The molecule has 108 valence electrons. The smallest absolute Gasteiger partial charge is 0.328 e. The van der Waals surface area contributed by atoms with Crippen LogP contribution in [0.4, 0.5) is 10.5 Å². The van der Waals surface area contributed by atoms with Crippen molar-refractivity contribution in [3.05, 3.63) is 29.8 Å². The van der Waals surface area contributed by atoms with E-state index in [1.54, 1.807) is 19.2 Å². The van der Waals surface area contributed by atoms with E-state index < -0.39 is 17.9 Å². The maximum atomic E-state index is 11.9. The summed E-state index contributed by atoms with van der Waals surface area (Å²) in [7, 11) is 1.57. The molecular weight excluding hydrogens is 260 g/mol. The summed E-state index contributed by atoms with van der Waals surface area (Å²) in [6.07, 6.45) is 0.136. The van der Waals surface area contributed by atoms with Gasteiger partial charge >= 0.3 is 12.0 Å². The minimum absolute atomic E-state index is 0.0135. The number of para-hydroxylation sites is 1. The van der Waals surface area contributed by atoms with Gasteiger partial charge in [-0.1, -0.05) is 18.2 Å². The highest BCUT2D eigenvalue weighted by Gasteiger charge is 2.15. The van der Waals surface area contributed by atoms with E-state index in [4.69, 9.17) is 5.11 Å². The van der Waals surface area contributed by atoms with Crippen LogP contribution < -0.4 is 10.2 Å². The largest absolute Gasteiger partial charge is 0.481 e. The Labute approximate surface area is 117 Å². The SMILES string of the molecule is Cc1ccccc1N(C)C(=O)NC(=O)CCCC(=O)O. The number of aryl methyl sites for hydroxylation is 1. The zero-order valence-corrected chi connectivity index (χ0v) is 11.5. The first-order valence-electron chi connectivity index (χ1n) is 6.26. The van der Waals surface area contributed by atoms with Crippen LogP contribution in [0.1, 0.15) is 24.8 Å². The summed E-state index contributed by atoms with van der Waals surface area (Å²) in [6.45, 7) is 1.87. The van der Waals surface area contributed by atoms with Crippen molar-refractivity contribution < 1.29 is 19.5 Å². The molecule has 0 atom stereocenters. The second-order valence-electron chi connectivity index (χ2n) is 4.45. The highest BCUT2D eigenvalue weighted by molar-refractivity contribution is 6.02. The zero-order chi connectivity index (χ0) is 15.1. The topological polar surface area (TPSA) is 86.7 Å². The van der Waals surface area contributed by atoms with Gasteiger partial charge in [-0.05, 0) is 25.0 Å². The first-order valence-corrected chi connectivity index (χ1v) is 6.26. The Balaban J connectivity index is 2.52. The molecule has 2 N–H and O–H groups in total. The monoisotopic (exact) mass is 278 g/mol. The molecule has 1 rings (SSSR count). The van der Waals surface area contributed by atoms with Crippen molar-refractivity contribution in [1.82, 2.24) is 5.32 Å². The van der Waals surface area contributed by atoms with Gasteiger partial charge in [0.1, 0.15) is 0 Å². The number of anilines is 1. The van der Waals surface area contributed by atoms with Gasteiger partial charge in [-0.2, -0.15) is 0 Å². The Morgan fingerprint density at radius 3 is 2.45 bits per heavy atom. The highest BCUT2D eigenvalue weighted by atomic mass is 16.4. The van der Waals surface area contributed by atoms with Crippen molar-refractivity contribution >= 4 is 23.6 Å². The molecule has 20 heavy (non-hydrogen) atoms. The fourth-order valence-electron chi connectivity index (χ4n) is 1.71. The van der Waals surface area contributed by atoms with Crippen molar-refractivity contribution in [3.8, 4) is 0 Å². The Bertz CT molecular complexity index is 514. The standard InChI is InChI=1S/C14H18N2O4/c1-10-6-3-4-7-11(10)16(2)14(20)15-12(17)8-5-9-13(18)19/h3-4,6-7H,5,8-9H2,1-2H3,(H,18,19)(H,15,17,20). The van der Waals surface area contributed by atoms with Gasteiger partial charge in [0.05, 0.1) is 0 Å². The van der Waals surface area contributed by atoms with Crippen molar-refractivity contribution in [2.75, 3.05) is 11.9 Å². The number of nitrogens with zero attached hydrogens (tertiary/aromatic N) is 1. The molecule has 0 fully saturated rings. The average molecular weight is 278 g/mol. The predicted molar refractivity (Wildman–Crippen MR) is 74.6 cm³/mol. The van der Waals surface area contributed by atoms with Crippen molar-refractivity contribution in [3.63, 3.8) is 0 Å². The van der Waals surface area contributed by atoms with Crippen molar-refractivity contribution in [2.24, 2.45) is 0 Å². The number of amides is 3. The number of carboxylic acid groups (broad SMARTS) is 1. The summed E-state index contributed by atoms with van der Waals surface area (Å²) in [5.74, 6) is -1.43. The van der Waals surface area contributed by atoms with Crippen molar-refractivity contribution in [2.45, 2.75) is 26.2 Å². The van der Waals surface area contributed by atoms with E-state index in [0.29, 0.717) is 5.69 Å². The molecular formula is C14H18N2O4. The van der Waals surface area contributed by atoms with E-state index in [0.717, 1.165) is 5.56 Å². The molecule has 0 aliphatic rings. The number of hydrogen-bond acceptors (Lipinski definition) is 3. The molecule has 0 heterocycles. The average Bonchev–Trinajstić information content (AvgIpc) is 2.38. The third kappa shape index (κ3) is 4.72. The Morgan fingerprint density at radius 1 is 1.20 bits per heavy atom. The lowest BCUT2D eigenvalue weighted by Crippen LogP contribution is -2.41. The van der Waals surface area contributed by atoms with Crippen LogP contribution in [0.5, 0.6) is 0 Å². The van der Waals surface area contributed by atoms with Crippen LogP contribution in [0.25, 0.3) is 0 Å². The van der Waals surface area contributed by atoms with Crippen LogP contribution in [0, 0.1) is 6.92 Å². The molecule has 0 saturated carbocycles. The van der Waals surface area contributed by atoms with Gasteiger partial charge in [0, 0.05) is 25.6 Å². The number of carboxylic acids is 1. The van der Waals surface area contributed by atoms with Crippen LogP contribution in [-0.4, -0.2) is 30.1 Å². The van der Waals surface area contributed by atoms with E-state index in [9.17, 15) is 14.4 Å². The maximum absolute atomic E-state index is 11.9. The lowest BCUT2D eigenvalue weighted by Gasteiger charge is -2.19. The van der Waals surface area contributed by atoms with E-state index in [-0.39, 0.29) is 19.3 Å². The molecule has 0 spiro atoms. The number of aliphatic carboxylic acids is 1. The number of carbonyl (C=O) groups excluding carboxylic acids is 2. The molecule has 0 saturated heterocycles. The summed E-state index contributed by atoms with van der Waals surface area (Å²) in [4.78, 5) is 35.1. The maximum Gasteiger partial charge on any atom is 0.328 e. The van der Waals surface area contributed by atoms with Crippen LogP contribution >= 0.6 is 0 Å². The first kappa shape index (κ1) is 15.7. The second kappa shape index (κ2) is 7.28. The molecule has 3 amide bonds. The lowest BCUT2D eigenvalue weighted by atomic mass is 10.2. The van der Waals surface area contributed by atoms with Gasteiger partial charge in [0.15, 0.2) is 0 Å². The number of carbonyl (C=O) groups is 3. The van der Waals surface area contributed by atoms with E-state index >= 15 is 0 Å². The summed E-state index contributed by atoms with van der Waals surface area (Å²) in [5.41, 5.74) is 1.63. The van der Waals surface area contributed by atoms with E-state index in [1.807, 2.05) is 19.1 Å². The van der Waals surface area contributed by atoms with E-state index in [2.05, 4.69) is 5.32 Å². The summed E-state index contributed by atoms with van der Waals surface area (Å²) < 4.78 is 0. The Hall–Kier alpha value is -2.37. The molecule has 0 aliphatic carbocycles. The van der Waals surface area contributed by atoms with Gasteiger partial charge in [0.2, 0.25) is 5.91 Å². The van der Waals surface area contributed by atoms with Crippen LogP contribution in [0.2, 0.25) is 0 Å². The van der Waals surface area contributed by atoms with Gasteiger partial charge in [-0.3, -0.25) is 19.8 Å². The van der Waals surface area contributed by atoms with Crippen LogP contribution in [0.15, 0.2) is 24.3 Å². The molecule has 1 aromatic rings. The third-order valence-corrected chi connectivity index (χ3v) is 2.82. The van der Waals surface area contributed by atoms with Crippen LogP contribution in [0.3, 0.4) is 0 Å². The fourth-order valence-corrected chi connectivity index (χ4v) is 1.71. The molecule has 0 aliphatic heterocycles. The van der Waals surface area contributed by atoms with Gasteiger partial charge < -0.3 is 5.11 Å². The third-order valence-electron chi connectivity index (χ3n) is 2.82. The van der Waals surface area contributed by atoms with Gasteiger partial charge in [-0.25, -0.2) is 4.79 Å². The van der Waals surface area contributed by atoms with Crippen LogP contribution in [-0.2, 0) is 9.59 Å². The van der Waals surface area contributed by atoms with Gasteiger partial charge in [-0.15, -0.1) is 0 Å². The summed E-state index contributed by atoms with van der Waals surface area (Å²) in [6, 6.07) is 6.79. The number of imide groups is 1. The molecule has 6 heteroatoms. The quantitative estimate of drug-likeness (QED) is 0.861. The number of nitrogens with one attached hydrogen (secondary N) is 1. The minimum Gasteiger partial charge on any atom is -0.481 e. The zero-order valence-electron chi connectivity index (χ0n) is 11.5. The van der Waals surface area contributed by atoms with E-state index in [1.165, 1.54) is 4.90 Å². The number of rotatable bonds is 5. The minimum atomic E-state index is -0.957. The molecule has 1 aromatic carbocycles. The normalized spacial score (nSPS) is 9.90. The molecule has 0 unspecified atom stereocenters. The molecule has 6 nitrogen and oxygen atoms in total.